The third-order valence-electron chi connectivity index (χ3n) is 3.45. The van der Waals surface area contributed by atoms with Gasteiger partial charge in [-0.1, -0.05) is 29.8 Å². The number of aromatic nitrogens is 2. The lowest BCUT2D eigenvalue weighted by molar-refractivity contribution is 0.594. The van der Waals surface area contributed by atoms with Crippen LogP contribution in [0.25, 0.3) is 32.4 Å². The first kappa shape index (κ1) is 13.0. The molecule has 22 heavy (non-hydrogen) atoms. The number of aryl methyl sites for hydroxylation is 1. The molecular formula is C17H13N3OS. The average molecular weight is 307 g/mol. The molecule has 0 aliphatic rings. The summed E-state index contributed by atoms with van der Waals surface area (Å²) in [5.74, 6) is 0.821. The van der Waals surface area contributed by atoms with Crippen molar-refractivity contribution in [2.24, 2.45) is 0 Å². The van der Waals surface area contributed by atoms with Gasteiger partial charge < -0.3 is 10.2 Å². The predicted octanol–water partition coefficient (Wildman–Crippen LogP) is 4.51. The Morgan fingerprint density at radius 2 is 1.77 bits per heavy atom. The molecule has 0 saturated heterocycles. The van der Waals surface area contributed by atoms with E-state index in [2.05, 4.69) is 9.97 Å². The molecule has 5 heteroatoms. The zero-order valence-electron chi connectivity index (χ0n) is 11.9. The van der Waals surface area contributed by atoms with Crippen molar-refractivity contribution in [2.45, 2.75) is 6.92 Å². The maximum absolute atomic E-state index is 6.00. The molecular weight excluding hydrogens is 294 g/mol. The fourth-order valence-electron chi connectivity index (χ4n) is 2.28. The minimum atomic E-state index is 0.301. The molecule has 4 nitrogen and oxygen atoms in total. The second-order valence-corrected chi connectivity index (χ2v) is 6.12. The van der Waals surface area contributed by atoms with Crippen molar-refractivity contribution < 1.29 is 4.42 Å². The summed E-state index contributed by atoms with van der Waals surface area (Å²) in [6.07, 6.45) is 0. The van der Waals surface area contributed by atoms with Gasteiger partial charge in [0, 0.05) is 5.56 Å². The van der Waals surface area contributed by atoms with Crippen LogP contribution in [0.15, 0.2) is 52.9 Å². The quantitative estimate of drug-likeness (QED) is 0.592. The number of hydrogen-bond acceptors (Lipinski definition) is 5. The van der Waals surface area contributed by atoms with E-state index < -0.39 is 0 Å². The molecule has 108 valence electrons. The lowest BCUT2D eigenvalue weighted by Gasteiger charge is -1.95. The number of nitrogens with zero attached hydrogens (tertiary/aromatic N) is 2. The summed E-state index contributed by atoms with van der Waals surface area (Å²) in [4.78, 5) is 9.11. The number of fused-ring (bicyclic) bond motifs is 1. The van der Waals surface area contributed by atoms with Crippen molar-refractivity contribution in [3.8, 4) is 22.2 Å². The molecule has 0 unspecified atom stereocenters. The first-order valence-electron chi connectivity index (χ1n) is 6.90. The van der Waals surface area contributed by atoms with Gasteiger partial charge in [-0.3, -0.25) is 0 Å². The summed E-state index contributed by atoms with van der Waals surface area (Å²) in [5.41, 5.74) is 9.65. The molecule has 4 aromatic rings. The van der Waals surface area contributed by atoms with Crippen LogP contribution in [0.5, 0.6) is 0 Å². The number of thiazole rings is 1. The van der Waals surface area contributed by atoms with Gasteiger partial charge in [0.2, 0.25) is 11.8 Å². The Balaban J connectivity index is 1.81. The van der Waals surface area contributed by atoms with Crippen LogP contribution in [0.3, 0.4) is 0 Å². The molecule has 4 rings (SSSR count). The third-order valence-corrected chi connectivity index (χ3v) is 4.49. The Morgan fingerprint density at radius 1 is 1.00 bits per heavy atom. The minimum Gasteiger partial charge on any atom is -0.420 e. The average Bonchev–Trinajstić information content (AvgIpc) is 3.11. The highest BCUT2D eigenvalue weighted by Gasteiger charge is 2.17. The Hall–Kier alpha value is -2.66. The molecule has 0 fully saturated rings. The van der Waals surface area contributed by atoms with Gasteiger partial charge in [0.15, 0.2) is 5.69 Å². The van der Waals surface area contributed by atoms with E-state index in [4.69, 9.17) is 10.2 Å². The number of hydrogen-bond donors (Lipinski definition) is 1. The molecule has 0 aliphatic heterocycles. The number of nitrogens with two attached hydrogens (primary N) is 1. The Morgan fingerprint density at radius 3 is 2.55 bits per heavy atom. The van der Waals surface area contributed by atoms with Crippen molar-refractivity contribution in [3.63, 3.8) is 0 Å². The molecule has 2 aromatic carbocycles. The van der Waals surface area contributed by atoms with Crippen LogP contribution < -0.4 is 5.73 Å². The van der Waals surface area contributed by atoms with Crippen molar-refractivity contribution in [3.05, 3.63) is 54.1 Å². The lowest BCUT2D eigenvalue weighted by atomic mass is 10.1. The topological polar surface area (TPSA) is 64.9 Å². The van der Waals surface area contributed by atoms with E-state index in [1.165, 1.54) is 5.56 Å². The van der Waals surface area contributed by atoms with E-state index >= 15 is 0 Å². The number of nitrogen functional groups attached to an aromatic ring is 1. The molecule has 2 heterocycles. The summed E-state index contributed by atoms with van der Waals surface area (Å²) in [6, 6.07) is 16.0. The molecule has 0 spiro atoms. The van der Waals surface area contributed by atoms with Gasteiger partial charge in [-0.25, -0.2) is 9.97 Å². The fourth-order valence-corrected chi connectivity index (χ4v) is 3.24. The molecule has 0 atom stereocenters. The molecule has 0 amide bonds. The Kier molecular flexibility index (Phi) is 2.94. The van der Waals surface area contributed by atoms with Gasteiger partial charge >= 0.3 is 0 Å². The van der Waals surface area contributed by atoms with E-state index in [0.29, 0.717) is 17.5 Å². The first-order valence-corrected chi connectivity index (χ1v) is 7.71. The summed E-state index contributed by atoms with van der Waals surface area (Å²) in [6.45, 7) is 2.04. The SMILES string of the molecule is Cc1ccc(-c2nc(-c3nc4ccccc4s3)c(N)o2)cc1. The van der Waals surface area contributed by atoms with Crippen molar-refractivity contribution in [2.75, 3.05) is 5.73 Å². The molecule has 0 aliphatic carbocycles. The monoisotopic (exact) mass is 307 g/mol. The van der Waals surface area contributed by atoms with Crippen LogP contribution in [-0.2, 0) is 0 Å². The van der Waals surface area contributed by atoms with Gasteiger partial charge in [-0.2, -0.15) is 0 Å². The number of benzene rings is 2. The standard InChI is InChI=1S/C17H13N3OS/c1-10-6-8-11(9-7-10)16-20-14(15(18)21-16)17-19-12-4-2-3-5-13(12)22-17/h2-9H,18H2,1H3. The number of anilines is 1. The Bertz CT molecular complexity index is 921. The van der Waals surface area contributed by atoms with E-state index in [1.807, 2.05) is 55.5 Å². The highest BCUT2D eigenvalue weighted by atomic mass is 32.1. The molecule has 2 aromatic heterocycles. The Labute approximate surface area is 131 Å². The smallest absolute Gasteiger partial charge is 0.229 e. The number of para-hydroxylation sites is 1. The molecule has 0 bridgehead atoms. The normalized spacial score (nSPS) is 11.1. The highest BCUT2D eigenvalue weighted by Crippen LogP contribution is 2.35. The maximum atomic E-state index is 6.00. The molecule has 0 radical (unpaired) electrons. The van der Waals surface area contributed by atoms with Crippen LogP contribution in [-0.4, -0.2) is 9.97 Å². The molecule has 2 N–H and O–H groups in total. The fraction of sp³-hybridized carbons (Fsp3) is 0.0588. The van der Waals surface area contributed by atoms with Crippen LogP contribution in [0, 0.1) is 6.92 Å². The second-order valence-electron chi connectivity index (χ2n) is 5.08. The van der Waals surface area contributed by atoms with Gasteiger partial charge in [-0.05, 0) is 31.2 Å². The van der Waals surface area contributed by atoms with Crippen molar-refractivity contribution in [1.29, 1.82) is 0 Å². The van der Waals surface area contributed by atoms with Crippen molar-refractivity contribution in [1.82, 2.24) is 9.97 Å². The van der Waals surface area contributed by atoms with Crippen molar-refractivity contribution >= 4 is 27.4 Å². The van der Waals surface area contributed by atoms with Crippen LogP contribution >= 0.6 is 11.3 Å². The number of oxazole rings is 1. The summed E-state index contributed by atoms with van der Waals surface area (Å²) >= 11 is 1.56. The summed E-state index contributed by atoms with van der Waals surface area (Å²) < 4.78 is 6.73. The van der Waals surface area contributed by atoms with E-state index in [-0.39, 0.29) is 0 Å². The predicted molar refractivity (Wildman–Crippen MR) is 89.7 cm³/mol. The zero-order valence-corrected chi connectivity index (χ0v) is 12.7. The van der Waals surface area contributed by atoms with E-state index in [9.17, 15) is 0 Å². The summed E-state index contributed by atoms with van der Waals surface area (Å²) in [7, 11) is 0. The van der Waals surface area contributed by atoms with Gasteiger partial charge in [0.05, 0.1) is 10.2 Å². The lowest BCUT2D eigenvalue weighted by Crippen LogP contribution is -1.85. The summed E-state index contributed by atoms with van der Waals surface area (Å²) in [5, 5.41) is 0.779. The van der Waals surface area contributed by atoms with Crippen LogP contribution in [0.2, 0.25) is 0 Å². The maximum Gasteiger partial charge on any atom is 0.229 e. The molecule has 0 saturated carbocycles. The largest absolute Gasteiger partial charge is 0.420 e. The van der Waals surface area contributed by atoms with Gasteiger partial charge in [-0.15, -0.1) is 11.3 Å². The van der Waals surface area contributed by atoms with Crippen LogP contribution in [0.4, 0.5) is 5.88 Å². The highest BCUT2D eigenvalue weighted by molar-refractivity contribution is 7.21. The van der Waals surface area contributed by atoms with Crippen LogP contribution in [0.1, 0.15) is 5.56 Å². The number of rotatable bonds is 2. The zero-order chi connectivity index (χ0) is 15.1. The van der Waals surface area contributed by atoms with Gasteiger partial charge in [0.25, 0.3) is 0 Å². The minimum absolute atomic E-state index is 0.301. The van der Waals surface area contributed by atoms with Gasteiger partial charge in [0.1, 0.15) is 5.01 Å². The third kappa shape index (κ3) is 2.16. The van der Waals surface area contributed by atoms with E-state index in [0.717, 1.165) is 20.8 Å². The van der Waals surface area contributed by atoms with E-state index in [1.54, 1.807) is 11.3 Å². The first-order chi connectivity index (χ1) is 10.7. The second kappa shape index (κ2) is 4.96.